The van der Waals surface area contributed by atoms with Gasteiger partial charge in [0.1, 0.15) is 23.9 Å². The highest BCUT2D eigenvalue weighted by Gasteiger charge is 2.21. The molecular formula is C20H21NO3. The molecule has 0 saturated carbocycles. The molecule has 4 nitrogen and oxygen atoms in total. The Labute approximate surface area is 141 Å². The predicted octanol–water partition coefficient (Wildman–Crippen LogP) is 3.93. The summed E-state index contributed by atoms with van der Waals surface area (Å²) in [6, 6.07) is 16.6. The average Bonchev–Trinajstić information content (AvgIpc) is 2.99. The van der Waals surface area contributed by atoms with Crippen molar-refractivity contribution in [3.05, 3.63) is 65.6 Å². The number of aliphatic hydroxyl groups excluding tert-OH is 1. The molecule has 0 fully saturated rings. The highest BCUT2D eigenvalue weighted by Crippen LogP contribution is 2.37. The molecule has 2 N–H and O–H groups in total. The summed E-state index contributed by atoms with van der Waals surface area (Å²) in [4.78, 5) is 0. The minimum absolute atomic E-state index is 0.0634. The molecule has 1 aliphatic rings. The van der Waals surface area contributed by atoms with Crippen molar-refractivity contribution in [2.24, 2.45) is 0 Å². The van der Waals surface area contributed by atoms with E-state index in [1.54, 1.807) is 0 Å². The second kappa shape index (κ2) is 6.67. The zero-order valence-corrected chi connectivity index (χ0v) is 13.5. The van der Waals surface area contributed by atoms with Gasteiger partial charge < -0.3 is 19.6 Å². The van der Waals surface area contributed by atoms with Crippen molar-refractivity contribution in [2.75, 3.05) is 6.61 Å². The van der Waals surface area contributed by atoms with Crippen LogP contribution in [0.4, 0.5) is 0 Å². The summed E-state index contributed by atoms with van der Waals surface area (Å²) in [6.45, 7) is 1.32. The number of ether oxygens (including phenoxy) is 1. The molecule has 1 aliphatic heterocycles. The van der Waals surface area contributed by atoms with Crippen molar-refractivity contribution in [1.82, 2.24) is 5.32 Å². The van der Waals surface area contributed by atoms with E-state index in [0.29, 0.717) is 12.3 Å². The van der Waals surface area contributed by atoms with Crippen LogP contribution >= 0.6 is 0 Å². The zero-order chi connectivity index (χ0) is 16.4. The lowest BCUT2D eigenvalue weighted by Crippen LogP contribution is -2.20. The molecule has 3 aromatic rings. The lowest BCUT2D eigenvalue weighted by atomic mass is 9.98. The van der Waals surface area contributed by atoms with Crippen molar-refractivity contribution in [3.8, 4) is 5.75 Å². The number of rotatable bonds is 4. The second-order valence-corrected chi connectivity index (χ2v) is 6.16. The number of nitrogens with one attached hydrogen (secondary N) is 1. The van der Waals surface area contributed by atoms with Crippen LogP contribution in [0.3, 0.4) is 0 Å². The van der Waals surface area contributed by atoms with Crippen molar-refractivity contribution in [3.63, 3.8) is 0 Å². The molecule has 4 heteroatoms. The van der Waals surface area contributed by atoms with Crippen LogP contribution in [0, 0.1) is 0 Å². The van der Waals surface area contributed by atoms with Gasteiger partial charge in [-0.05, 0) is 30.4 Å². The summed E-state index contributed by atoms with van der Waals surface area (Å²) in [6.07, 6.45) is 2.04. The maximum atomic E-state index is 9.11. The monoisotopic (exact) mass is 323 g/mol. The van der Waals surface area contributed by atoms with Crippen LogP contribution < -0.4 is 10.1 Å². The molecule has 0 unspecified atom stereocenters. The number of aliphatic hydroxyl groups is 1. The molecule has 0 amide bonds. The van der Waals surface area contributed by atoms with E-state index in [-0.39, 0.29) is 12.6 Å². The highest BCUT2D eigenvalue weighted by molar-refractivity contribution is 5.89. The normalized spacial score (nSPS) is 17.3. The van der Waals surface area contributed by atoms with Crippen LogP contribution in [-0.2, 0) is 13.2 Å². The summed E-state index contributed by atoms with van der Waals surface area (Å²) < 4.78 is 11.6. The molecule has 4 rings (SSSR count). The average molecular weight is 323 g/mol. The van der Waals surface area contributed by atoms with Crippen LogP contribution in [0.25, 0.3) is 10.8 Å². The molecule has 0 radical (unpaired) electrons. The van der Waals surface area contributed by atoms with Gasteiger partial charge in [-0.1, -0.05) is 36.4 Å². The lowest BCUT2D eigenvalue weighted by molar-refractivity contribution is 0.242. The first-order chi connectivity index (χ1) is 11.8. The third-order valence-electron chi connectivity index (χ3n) is 4.56. The minimum Gasteiger partial charge on any atom is -0.493 e. The fourth-order valence-corrected chi connectivity index (χ4v) is 3.35. The molecule has 2 aromatic carbocycles. The van der Waals surface area contributed by atoms with Crippen LogP contribution in [-0.4, -0.2) is 11.7 Å². The predicted molar refractivity (Wildman–Crippen MR) is 92.9 cm³/mol. The number of furan rings is 1. The van der Waals surface area contributed by atoms with Crippen LogP contribution in [0.5, 0.6) is 5.75 Å². The Morgan fingerprint density at radius 1 is 1.04 bits per heavy atom. The van der Waals surface area contributed by atoms with Gasteiger partial charge in [-0.15, -0.1) is 0 Å². The highest BCUT2D eigenvalue weighted by atomic mass is 16.5. The molecule has 0 saturated heterocycles. The number of hydrogen-bond acceptors (Lipinski definition) is 4. The van der Waals surface area contributed by atoms with Crippen molar-refractivity contribution in [2.45, 2.75) is 32.0 Å². The van der Waals surface area contributed by atoms with E-state index in [0.717, 1.165) is 31.0 Å². The van der Waals surface area contributed by atoms with Crippen LogP contribution in [0.1, 0.15) is 36.0 Å². The van der Waals surface area contributed by atoms with E-state index in [2.05, 4.69) is 41.7 Å². The van der Waals surface area contributed by atoms with Gasteiger partial charge in [0.05, 0.1) is 13.2 Å². The Morgan fingerprint density at radius 2 is 1.92 bits per heavy atom. The zero-order valence-electron chi connectivity index (χ0n) is 13.5. The fraction of sp³-hybridized carbons (Fsp3) is 0.300. The summed E-state index contributed by atoms with van der Waals surface area (Å²) in [5.74, 6) is 2.44. The van der Waals surface area contributed by atoms with Gasteiger partial charge in [-0.2, -0.15) is 0 Å². The van der Waals surface area contributed by atoms with Gasteiger partial charge in [0.25, 0.3) is 0 Å². The van der Waals surface area contributed by atoms with Gasteiger partial charge in [-0.3, -0.25) is 0 Å². The summed E-state index contributed by atoms with van der Waals surface area (Å²) in [5, 5.41) is 15.1. The first-order valence-corrected chi connectivity index (χ1v) is 8.41. The Bertz CT molecular complexity index is 840. The summed E-state index contributed by atoms with van der Waals surface area (Å²) >= 11 is 0. The van der Waals surface area contributed by atoms with E-state index in [1.165, 1.54) is 16.3 Å². The first kappa shape index (κ1) is 15.2. The SMILES string of the molecule is OCc1ccc(CN[C@H]2CCCOc3c2ccc2ccccc32)o1. The topological polar surface area (TPSA) is 54.6 Å². The van der Waals surface area contributed by atoms with E-state index in [9.17, 15) is 0 Å². The maximum Gasteiger partial charge on any atom is 0.131 e. The van der Waals surface area contributed by atoms with Crippen LogP contribution in [0.15, 0.2) is 52.9 Å². The van der Waals surface area contributed by atoms with Gasteiger partial charge in [0.15, 0.2) is 0 Å². The molecule has 0 spiro atoms. The molecule has 124 valence electrons. The summed E-state index contributed by atoms with van der Waals surface area (Å²) in [5.41, 5.74) is 1.21. The Kier molecular flexibility index (Phi) is 4.24. The van der Waals surface area contributed by atoms with Crippen molar-refractivity contribution < 1.29 is 14.3 Å². The third kappa shape index (κ3) is 2.90. The van der Waals surface area contributed by atoms with Gasteiger partial charge in [0, 0.05) is 17.0 Å². The molecule has 2 heterocycles. The van der Waals surface area contributed by atoms with E-state index >= 15 is 0 Å². The third-order valence-corrected chi connectivity index (χ3v) is 4.56. The quantitative estimate of drug-likeness (QED) is 0.764. The molecule has 0 aliphatic carbocycles. The van der Waals surface area contributed by atoms with Crippen molar-refractivity contribution in [1.29, 1.82) is 0 Å². The molecule has 0 bridgehead atoms. The van der Waals surface area contributed by atoms with E-state index in [4.69, 9.17) is 14.3 Å². The van der Waals surface area contributed by atoms with Crippen molar-refractivity contribution >= 4 is 10.8 Å². The summed E-state index contributed by atoms with van der Waals surface area (Å²) in [7, 11) is 0. The standard InChI is InChI=1S/C20H21NO3/c22-13-16-9-8-15(24-16)12-21-19-6-3-11-23-20-17-5-2-1-4-14(17)7-10-18(19)20/h1-2,4-5,7-10,19,21-22H,3,6,11-13H2/t19-/m0/s1. The second-order valence-electron chi connectivity index (χ2n) is 6.16. The van der Waals surface area contributed by atoms with E-state index < -0.39 is 0 Å². The number of benzene rings is 2. The molecule has 1 aromatic heterocycles. The Morgan fingerprint density at radius 3 is 2.79 bits per heavy atom. The van der Waals surface area contributed by atoms with Gasteiger partial charge in [-0.25, -0.2) is 0 Å². The number of hydrogen-bond donors (Lipinski definition) is 2. The Hall–Kier alpha value is -2.30. The smallest absolute Gasteiger partial charge is 0.131 e. The largest absolute Gasteiger partial charge is 0.493 e. The van der Waals surface area contributed by atoms with Gasteiger partial charge >= 0.3 is 0 Å². The first-order valence-electron chi connectivity index (χ1n) is 8.41. The fourth-order valence-electron chi connectivity index (χ4n) is 3.35. The lowest BCUT2D eigenvalue weighted by Gasteiger charge is -2.19. The molecule has 1 atom stereocenters. The number of fused-ring (bicyclic) bond motifs is 3. The maximum absolute atomic E-state index is 9.11. The van der Waals surface area contributed by atoms with Crippen LogP contribution in [0.2, 0.25) is 0 Å². The van der Waals surface area contributed by atoms with E-state index in [1.807, 2.05) is 12.1 Å². The molecule has 24 heavy (non-hydrogen) atoms. The van der Waals surface area contributed by atoms with Gasteiger partial charge in [0.2, 0.25) is 0 Å². The Balaban J connectivity index is 1.61. The minimum atomic E-state index is -0.0634. The molecular weight excluding hydrogens is 302 g/mol.